The Morgan fingerprint density at radius 1 is 0.952 bits per heavy atom. The van der Waals surface area contributed by atoms with Crippen LogP contribution in [0.5, 0.6) is 0 Å². The number of benzene rings is 2. The summed E-state index contributed by atoms with van der Waals surface area (Å²) in [5.41, 5.74) is 9.09. The molecule has 3 nitrogen and oxygen atoms in total. The quantitative estimate of drug-likeness (QED) is 0.769. The van der Waals surface area contributed by atoms with E-state index in [1.807, 2.05) is 31.2 Å². The van der Waals surface area contributed by atoms with E-state index in [9.17, 15) is 8.78 Å². The highest BCUT2D eigenvalue weighted by molar-refractivity contribution is 5.86. The van der Waals surface area contributed by atoms with E-state index < -0.39 is 11.6 Å². The van der Waals surface area contributed by atoms with Crippen LogP contribution < -0.4 is 5.73 Å². The molecule has 0 amide bonds. The Hall–Kier alpha value is -2.69. The summed E-state index contributed by atoms with van der Waals surface area (Å²) in [5.74, 6) is -1.71. The molecule has 0 aliphatic rings. The highest BCUT2D eigenvalue weighted by Crippen LogP contribution is 2.36. The maximum absolute atomic E-state index is 13.4. The van der Waals surface area contributed by atoms with Crippen molar-refractivity contribution in [2.24, 2.45) is 0 Å². The number of anilines is 1. The van der Waals surface area contributed by atoms with Crippen LogP contribution in [-0.4, -0.2) is 5.16 Å². The van der Waals surface area contributed by atoms with Crippen LogP contribution in [0.25, 0.3) is 22.4 Å². The third-order valence-corrected chi connectivity index (χ3v) is 3.25. The lowest BCUT2D eigenvalue weighted by atomic mass is 10.00. The molecule has 0 saturated heterocycles. The Labute approximate surface area is 120 Å². The monoisotopic (exact) mass is 286 g/mol. The molecular weight excluding hydrogens is 274 g/mol. The molecule has 0 radical (unpaired) electrons. The predicted octanol–water partition coefficient (Wildman–Crippen LogP) is 4.18. The molecule has 0 unspecified atom stereocenters. The number of aryl methyl sites for hydroxylation is 1. The number of rotatable bonds is 2. The van der Waals surface area contributed by atoms with E-state index in [2.05, 4.69) is 5.16 Å². The SMILES string of the molecule is Cc1ccc(-c2c(-c3ccc(F)c(F)c3)noc2N)cc1. The van der Waals surface area contributed by atoms with Crippen LogP contribution in [0.2, 0.25) is 0 Å². The number of nitrogens with zero attached hydrogens (tertiary/aromatic N) is 1. The van der Waals surface area contributed by atoms with Gasteiger partial charge in [0.15, 0.2) is 11.6 Å². The van der Waals surface area contributed by atoms with Crippen LogP contribution in [0.15, 0.2) is 47.0 Å². The molecule has 3 aromatic rings. The van der Waals surface area contributed by atoms with Gasteiger partial charge in [0.1, 0.15) is 5.69 Å². The fourth-order valence-corrected chi connectivity index (χ4v) is 2.14. The molecule has 0 bridgehead atoms. The van der Waals surface area contributed by atoms with E-state index >= 15 is 0 Å². The Morgan fingerprint density at radius 2 is 1.62 bits per heavy atom. The van der Waals surface area contributed by atoms with Crippen LogP contribution in [-0.2, 0) is 0 Å². The van der Waals surface area contributed by atoms with Gasteiger partial charge in [-0.15, -0.1) is 0 Å². The second-order valence-electron chi connectivity index (χ2n) is 4.77. The van der Waals surface area contributed by atoms with Crippen LogP contribution in [0, 0.1) is 18.6 Å². The van der Waals surface area contributed by atoms with Gasteiger partial charge in [0, 0.05) is 5.56 Å². The summed E-state index contributed by atoms with van der Waals surface area (Å²) in [7, 11) is 0. The zero-order chi connectivity index (χ0) is 15.0. The smallest absolute Gasteiger partial charge is 0.230 e. The van der Waals surface area contributed by atoms with Gasteiger partial charge in [-0.1, -0.05) is 35.0 Å². The summed E-state index contributed by atoms with van der Waals surface area (Å²) < 4.78 is 31.5. The number of hydrogen-bond donors (Lipinski definition) is 1. The van der Waals surface area contributed by atoms with Crippen LogP contribution in [0.1, 0.15) is 5.56 Å². The van der Waals surface area contributed by atoms with Crippen molar-refractivity contribution in [2.45, 2.75) is 6.92 Å². The second kappa shape index (κ2) is 5.01. The number of halogens is 2. The minimum atomic E-state index is -0.941. The molecule has 0 saturated carbocycles. The highest BCUT2D eigenvalue weighted by atomic mass is 19.2. The summed E-state index contributed by atoms with van der Waals surface area (Å²) in [4.78, 5) is 0. The van der Waals surface area contributed by atoms with E-state index in [4.69, 9.17) is 10.3 Å². The fourth-order valence-electron chi connectivity index (χ4n) is 2.14. The molecule has 1 heterocycles. The lowest BCUT2D eigenvalue weighted by molar-refractivity contribution is 0.439. The zero-order valence-corrected chi connectivity index (χ0v) is 11.2. The topological polar surface area (TPSA) is 52.0 Å². The lowest BCUT2D eigenvalue weighted by Crippen LogP contribution is -1.90. The lowest BCUT2D eigenvalue weighted by Gasteiger charge is -2.04. The van der Waals surface area contributed by atoms with Gasteiger partial charge in [-0.2, -0.15) is 0 Å². The van der Waals surface area contributed by atoms with Crippen molar-refractivity contribution < 1.29 is 13.3 Å². The first kappa shape index (κ1) is 13.3. The molecule has 0 fully saturated rings. The number of hydrogen-bond acceptors (Lipinski definition) is 3. The summed E-state index contributed by atoms with van der Waals surface area (Å²) in [6.07, 6.45) is 0. The van der Waals surface area contributed by atoms with E-state index in [0.717, 1.165) is 23.3 Å². The standard InChI is InChI=1S/C16H12F2N2O/c1-9-2-4-10(5-3-9)14-15(20-21-16(14)19)11-6-7-12(17)13(18)8-11/h2-8H,19H2,1H3. The molecule has 5 heteroatoms. The van der Waals surface area contributed by atoms with Crippen molar-refractivity contribution in [1.82, 2.24) is 5.16 Å². The minimum Gasteiger partial charge on any atom is -0.367 e. The van der Waals surface area contributed by atoms with Gasteiger partial charge in [0.2, 0.25) is 5.88 Å². The third-order valence-electron chi connectivity index (χ3n) is 3.25. The highest BCUT2D eigenvalue weighted by Gasteiger charge is 2.18. The predicted molar refractivity (Wildman–Crippen MR) is 76.4 cm³/mol. The van der Waals surface area contributed by atoms with Crippen molar-refractivity contribution in [3.63, 3.8) is 0 Å². The number of nitrogens with two attached hydrogens (primary N) is 1. The van der Waals surface area contributed by atoms with Crippen LogP contribution >= 0.6 is 0 Å². The van der Waals surface area contributed by atoms with Gasteiger partial charge in [0.25, 0.3) is 0 Å². The molecule has 0 atom stereocenters. The van der Waals surface area contributed by atoms with Gasteiger partial charge in [-0.05, 0) is 30.7 Å². The van der Waals surface area contributed by atoms with Crippen molar-refractivity contribution >= 4 is 5.88 Å². The van der Waals surface area contributed by atoms with E-state index in [0.29, 0.717) is 16.8 Å². The number of nitrogen functional groups attached to an aromatic ring is 1. The van der Waals surface area contributed by atoms with E-state index in [-0.39, 0.29) is 5.88 Å². The molecular formula is C16H12F2N2O. The van der Waals surface area contributed by atoms with Crippen molar-refractivity contribution in [2.75, 3.05) is 5.73 Å². The third kappa shape index (κ3) is 2.38. The van der Waals surface area contributed by atoms with Crippen LogP contribution in [0.3, 0.4) is 0 Å². The Bertz CT molecular complexity index is 795. The molecule has 3 rings (SSSR count). The van der Waals surface area contributed by atoms with Crippen LogP contribution in [0.4, 0.5) is 14.7 Å². The van der Waals surface area contributed by atoms with Crippen molar-refractivity contribution in [3.8, 4) is 22.4 Å². The minimum absolute atomic E-state index is 0.138. The normalized spacial score (nSPS) is 10.8. The first-order chi connectivity index (χ1) is 10.1. The first-order valence-corrected chi connectivity index (χ1v) is 6.34. The maximum Gasteiger partial charge on any atom is 0.230 e. The van der Waals surface area contributed by atoms with Crippen molar-refractivity contribution in [1.29, 1.82) is 0 Å². The second-order valence-corrected chi connectivity index (χ2v) is 4.77. The van der Waals surface area contributed by atoms with E-state index in [1.54, 1.807) is 0 Å². The van der Waals surface area contributed by atoms with Gasteiger partial charge < -0.3 is 10.3 Å². The largest absolute Gasteiger partial charge is 0.367 e. The molecule has 2 N–H and O–H groups in total. The molecule has 0 aliphatic heterocycles. The summed E-state index contributed by atoms with van der Waals surface area (Å²) in [5, 5.41) is 3.87. The van der Waals surface area contributed by atoms with Crippen molar-refractivity contribution in [3.05, 3.63) is 59.7 Å². The van der Waals surface area contributed by atoms with Gasteiger partial charge in [-0.3, -0.25) is 0 Å². The fraction of sp³-hybridized carbons (Fsp3) is 0.0625. The van der Waals surface area contributed by atoms with Gasteiger partial charge in [-0.25, -0.2) is 8.78 Å². The Kier molecular flexibility index (Phi) is 3.17. The molecule has 2 aromatic carbocycles. The average molecular weight is 286 g/mol. The van der Waals surface area contributed by atoms with Gasteiger partial charge in [0.05, 0.1) is 5.56 Å². The average Bonchev–Trinajstić information content (AvgIpc) is 2.85. The summed E-state index contributed by atoms with van der Waals surface area (Å²) in [6.45, 7) is 1.97. The summed E-state index contributed by atoms with van der Waals surface area (Å²) >= 11 is 0. The van der Waals surface area contributed by atoms with E-state index in [1.165, 1.54) is 6.07 Å². The molecule has 0 spiro atoms. The maximum atomic E-state index is 13.4. The first-order valence-electron chi connectivity index (χ1n) is 6.34. The molecule has 106 valence electrons. The Morgan fingerprint density at radius 3 is 2.29 bits per heavy atom. The molecule has 1 aromatic heterocycles. The molecule has 21 heavy (non-hydrogen) atoms. The summed E-state index contributed by atoms with van der Waals surface area (Å²) in [6, 6.07) is 11.2. The van der Waals surface area contributed by atoms with Gasteiger partial charge >= 0.3 is 0 Å². The number of aromatic nitrogens is 1. The Balaban J connectivity index is 2.16. The zero-order valence-electron chi connectivity index (χ0n) is 11.2. The molecule has 0 aliphatic carbocycles.